The summed E-state index contributed by atoms with van der Waals surface area (Å²) in [5.41, 5.74) is 0.453. The third-order valence-corrected chi connectivity index (χ3v) is 7.45. The maximum atomic E-state index is 12.9. The zero-order chi connectivity index (χ0) is 21.7. The molecular weight excluding hydrogens is 472 g/mol. The number of halogens is 1. The van der Waals surface area contributed by atoms with Crippen molar-refractivity contribution in [3.8, 4) is 6.01 Å². The van der Waals surface area contributed by atoms with Gasteiger partial charge in [-0.1, -0.05) is 13.8 Å². The van der Waals surface area contributed by atoms with E-state index in [9.17, 15) is 13.2 Å². The average molecular weight is 497 g/mol. The first-order valence-electron chi connectivity index (χ1n) is 9.88. The third-order valence-electron chi connectivity index (χ3n) is 4.98. The van der Waals surface area contributed by atoms with Crippen molar-refractivity contribution in [2.24, 2.45) is 0 Å². The Balaban J connectivity index is 1.67. The number of aromatic nitrogens is 2. The van der Waals surface area contributed by atoms with Gasteiger partial charge in [0.25, 0.3) is 5.91 Å². The van der Waals surface area contributed by atoms with Gasteiger partial charge in [0, 0.05) is 37.6 Å². The van der Waals surface area contributed by atoms with Crippen LogP contribution >= 0.6 is 15.9 Å². The summed E-state index contributed by atoms with van der Waals surface area (Å²) < 4.78 is 33.2. The van der Waals surface area contributed by atoms with Crippen LogP contribution in [0.3, 0.4) is 0 Å². The van der Waals surface area contributed by atoms with E-state index < -0.39 is 10.0 Å². The normalized spacial score (nSPS) is 17.2. The minimum atomic E-state index is -3.54. The number of benzene rings is 1. The van der Waals surface area contributed by atoms with Gasteiger partial charge < -0.3 is 9.64 Å². The maximum absolute atomic E-state index is 12.9. The number of hydrogen-bond acceptors (Lipinski definition) is 6. The van der Waals surface area contributed by atoms with Crippen LogP contribution in [0.1, 0.15) is 37.0 Å². The van der Waals surface area contributed by atoms with Gasteiger partial charge in [0.15, 0.2) is 0 Å². The topological polar surface area (TPSA) is 92.7 Å². The summed E-state index contributed by atoms with van der Waals surface area (Å²) in [6.07, 6.45) is 4.65. The number of piperidine rings is 1. The summed E-state index contributed by atoms with van der Waals surface area (Å²) in [7, 11) is -3.54. The Labute approximate surface area is 185 Å². The highest BCUT2D eigenvalue weighted by Crippen LogP contribution is 2.20. The number of ether oxygens (including phenoxy) is 1. The first kappa shape index (κ1) is 22.6. The van der Waals surface area contributed by atoms with E-state index in [-0.39, 0.29) is 22.9 Å². The van der Waals surface area contributed by atoms with Crippen LogP contribution < -0.4 is 4.74 Å². The fourth-order valence-electron chi connectivity index (χ4n) is 3.39. The van der Waals surface area contributed by atoms with Crippen molar-refractivity contribution >= 4 is 31.9 Å². The van der Waals surface area contributed by atoms with Gasteiger partial charge in [-0.3, -0.25) is 4.79 Å². The van der Waals surface area contributed by atoms with Crippen LogP contribution in [-0.2, 0) is 10.0 Å². The summed E-state index contributed by atoms with van der Waals surface area (Å²) in [5.74, 6) is -0.146. The quantitative estimate of drug-likeness (QED) is 0.584. The summed E-state index contributed by atoms with van der Waals surface area (Å²) in [5, 5.41) is 0. The number of sulfonamides is 1. The summed E-state index contributed by atoms with van der Waals surface area (Å²) in [4.78, 5) is 23.1. The van der Waals surface area contributed by atoms with E-state index in [4.69, 9.17) is 4.74 Å². The lowest BCUT2D eigenvalue weighted by Crippen LogP contribution is -2.44. The monoisotopic (exact) mass is 496 g/mol. The smallest absolute Gasteiger partial charge is 0.316 e. The van der Waals surface area contributed by atoms with E-state index in [1.807, 2.05) is 0 Å². The van der Waals surface area contributed by atoms with Crippen molar-refractivity contribution in [1.82, 2.24) is 19.2 Å². The van der Waals surface area contributed by atoms with E-state index in [0.717, 1.165) is 17.3 Å². The van der Waals surface area contributed by atoms with Crippen molar-refractivity contribution in [3.63, 3.8) is 0 Å². The van der Waals surface area contributed by atoms with E-state index in [0.29, 0.717) is 31.7 Å². The van der Waals surface area contributed by atoms with E-state index >= 15 is 0 Å². The number of carbonyl (C=O) groups excluding carboxylic acids is 1. The Morgan fingerprint density at radius 2 is 1.83 bits per heavy atom. The molecule has 1 unspecified atom stereocenters. The summed E-state index contributed by atoms with van der Waals surface area (Å²) in [6, 6.07) is 6.41. The maximum Gasteiger partial charge on any atom is 0.316 e. The van der Waals surface area contributed by atoms with Gasteiger partial charge in [-0.2, -0.15) is 4.31 Å². The molecule has 1 saturated heterocycles. The molecule has 2 heterocycles. The number of rotatable bonds is 7. The molecule has 0 saturated carbocycles. The molecule has 1 aliphatic heterocycles. The first-order chi connectivity index (χ1) is 14.3. The molecule has 0 bridgehead atoms. The van der Waals surface area contributed by atoms with Gasteiger partial charge in [-0.15, -0.1) is 0 Å². The van der Waals surface area contributed by atoms with Crippen LogP contribution in [0.4, 0.5) is 0 Å². The van der Waals surface area contributed by atoms with E-state index in [1.165, 1.54) is 16.4 Å². The Kier molecular flexibility index (Phi) is 7.43. The molecule has 0 aliphatic carbocycles. The van der Waals surface area contributed by atoms with E-state index in [1.54, 1.807) is 43.3 Å². The van der Waals surface area contributed by atoms with E-state index in [2.05, 4.69) is 25.9 Å². The van der Waals surface area contributed by atoms with Crippen molar-refractivity contribution in [3.05, 3.63) is 46.7 Å². The molecule has 1 aromatic heterocycles. The van der Waals surface area contributed by atoms with Crippen molar-refractivity contribution in [2.75, 3.05) is 26.2 Å². The average Bonchev–Trinajstić information content (AvgIpc) is 2.76. The lowest BCUT2D eigenvalue weighted by Gasteiger charge is -2.32. The molecule has 30 heavy (non-hydrogen) atoms. The molecule has 0 N–H and O–H groups in total. The SMILES string of the molecule is CCN(CC)S(=O)(=O)c1ccc(C(=O)N2CCCC(Oc3ncc(Br)cn3)C2)cc1. The molecule has 1 aliphatic rings. The molecule has 8 nitrogen and oxygen atoms in total. The highest BCUT2D eigenvalue weighted by molar-refractivity contribution is 9.10. The Morgan fingerprint density at radius 1 is 1.20 bits per heavy atom. The van der Waals surface area contributed by atoms with Crippen LogP contribution in [-0.4, -0.2) is 65.8 Å². The Bertz CT molecular complexity index is 963. The van der Waals surface area contributed by atoms with Crippen molar-refractivity contribution < 1.29 is 17.9 Å². The molecule has 1 atom stereocenters. The van der Waals surface area contributed by atoms with Crippen LogP contribution in [0.15, 0.2) is 46.0 Å². The molecule has 1 aromatic carbocycles. The first-order valence-corrected chi connectivity index (χ1v) is 12.1. The second-order valence-corrected chi connectivity index (χ2v) is 9.78. The number of carbonyl (C=O) groups is 1. The Morgan fingerprint density at radius 3 is 2.43 bits per heavy atom. The zero-order valence-corrected chi connectivity index (χ0v) is 19.4. The van der Waals surface area contributed by atoms with Gasteiger partial charge >= 0.3 is 6.01 Å². The van der Waals surface area contributed by atoms with Gasteiger partial charge in [-0.25, -0.2) is 18.4 Å². The molecule has 10 heteroatoms. The highest BCUT2D eigenvalue weighted by Gasteiger charge is 2.27. The zero-order valence-electron chi connectivity index (χ0n) is 17.0. The second-order valence-electron chi connectivity index (χ2n) is 6.93. The minimum Gasteiger partial charge on any atom is -0.458 e. The fourth-order valence-corrected chi connectivity index (χ4v) is 5.06. The van der Waals surface area contributed by atoms with Gasteiger partial charge in [0.05, 0.1) is 15.9 Å². The number of hydrogen-bond donors (Lipinski definition) is 0. The molecule has 0 spiro atoms. The number of nitrogens with zero attached hydrogens (tertiary/aromatic N) is 4. The third kappa shape index (κ3) is 5.16. The fraction of sp³-hybridized carbons (Fsp3) is 0.450. The lowest BCUT2D eigenvalue weighted by atomic mass is 10.1. The summed E-state index contributed by atoms with van der Waals surface area (Å²) >= 11 is 3.28. The van der Waals surface area contributed by atoms with Crippen LogP contribution in [0.25, 0.3) is 0 Å². The van der Waals surface area contributed by atoms with Crippen molar-refractivity contribution in [1.29, 1.82) is 0 Å². The summed E-state index contributed by atoms with van der Waals surface area (Å²) in [6.45, 7) is 5.45. The van der Waals surface area contributed by atoms with Crippen LogP contribution in [0.5, 0.6) is 6.01 Å². The molecule has 162 valence electrons. The molecule has 3 rings (SSSR count). The molecule has 0 radical (unpaired) electrons. The van der Waals surface area contributed by atoms with Gasteiger partial charge in [0.1, 0.15) is 6.10 Å². The lowest BCUT2D eigenvalue weighted by molar-refractivity contribution is 0.0515. The van der Waals surface area contributed by atoms with Crippen LogP contribution in [0.2, 0.25) is 0 Å². The number of likely N-dealkylation sites (tertiary alicyclic amines) is 1. The minimum absolute atomic E-state index is 0.146. The predicted molar refractivity (Wildman–Crippen MR) is 116 cm³/mol. The molecular formula is C20H25BrN4O4S. The predicted octanol–water partition coefficient (Wildman–Crippen LogP) is 2.95. The molecule has 2 aromatic rings. The van der Waals surface area contributed by atoms with Crippen molar-refractivity contribution in [2.45, 2.75) is 37.7 Å². The van der Waals surface area contributed by atoms with Gasteiger partial charge in [-0.05, 0) is 53.0 Å². The molecule has 1 amide bonds. The molecule has 1 fully saturated rings. The second kappa shape index (κ2) is 9.84. The standard InChI is InChI=1S/C20H25BrN4O4S/c1-3-25(4-2)30(27,28)18-9-7-15(8-10-18)19(26)24-11-5-6-17(14-24)29-20-22-12-16(21)13-23-20/h7-10,12-13,17H,3-6,11,14H2,1-2H3. The van der Waals surface area contributed by atoms with Crippen LogP contribution in [0, 0.1) is 0 Å². The number of amides is 1. The van der Waals surface area contributed by atoms with Gasteiger partial charge in [0.2, 0.25) is 10.0 Å². The largest absolute Gasteiger partial charge is 0.458 e. The Hall–Kier alpha value is -2.04. The highest BCUT2D eigenvalue weighted by atomic mass is 79.9.